The van der Waals surface area contributed by atoms with Gasteiger partial charge in [0.25, 0.3) is 0 Å². The number of unbranched alkanes of at least 4 members (excludes halogenated alkanes) is 2. The van der Waals surface area contributed by atoms with Gasteiger partial charge in [0.1, 0.15) is 11.9 Å². The summed E-state index contributed by atoms with van der Waals surface area (Å²) in [5.74, 6) is 1.05. The van der Waals surface area contributed by atoms with Crippen molar-refractivity contribution >= 4 is 17.1 Å². The van der Waals surface area contributed by atoms with Crippen molar-refractivity contribution in [3.63, 3.8) is 0 Å². The van der Waals surface area contributed by atoms with Gasteiger partial charge in [0, 0.05) is 42.4 Å². The van der Waals surface area contributed by atoms with Crippen molar-refractivity contribution in [1.82, 2.24) is 10.2 Å². The number of aliphatic imine (C=N–C) groups is 1. The quantitative estimate of drug-likeness (QED) is 0.198. The number of hydrogen-bond donors (Lipinski definition) is 4. The Hall–Kier alpha value is -3.88. The van der Waals surface area contributed by atoms with E-state index in [1.807, 2.05) is 12.1 Å². The van der Waals surface area contributed by atoms with Crippen LogP contribution in [0.15, 0.2) is 71.1 Å². The molecule has 0 spiro atoms. The minimum absolute atomic E-state index is 0.0594. The normalized spacial score (nSPS) is 24.6. The minimum atomic E-state index is -0.563. The molecule has 0 amide bonds. The maximum absolute atomic E-state index is 12.5. The van der Waals surface area contributed by atoms with E-state index in [1.54, 1.807) is 6.07 Å². The molecule has 2 aromatic rings. The number of aromatic hydroxyl groups is 1. The molecule has 8 heteroatoms. The van der Waals surface area contributed by atoms with Crippen LogP contribution in [0.25, 0.3) is 5.57 Å². The maximum atomic E-state index is 12.5. The Bertz CT molecular complexity index is 1640. The van der Waals surface area contributed by atoms with Crippen LogP contribution in [0.3, 0.4) is 0 Å². The van der Waals surface area contributed by atoms with Gasteiger partial charge in [-0.25, -0.2) is 0 Å². The molecule has 0 bridgehead atoms. The molecule has 0 radical (unpaired) electrons. The summed E-state index contributed by atoms with van der Waals surface area (Å²) in [5, 5.41) is 24.1. The van der Waals surface area contributed by atoms with Crippen LogP contribution in [0, 0.1) is 5.92 Å². The molecule has 1 saturated carbocycles. The first-order valence-electron chi connectivity index (χ1n) is 17.1. The molecule has 7 rings (SSSR count). The summed E-state index contributed by atoms with van der Waals surface area (Å²) in [4.78, 5) is 19.5. The van der Waals surface area contributed by atoms with E-state index < -0.39 is 6.10 Å². The minimum Gasteiger partial charge on any atom is -0.504 e. The van der Waals surface area contributed by atoms with Crippen molar-refractivity contribution in [1.29, 1.82) is 0 Å². The maximum Gasteiger partial charge on any atom is 0.163 e. The van der Waals surface area contributed by atoms with Gasteiger partial charge in [0.05, 0.1) is 18.4 Å². The highest BCUT2D eigenvalue weighted by Crippen LogP contribution is 2.61. The highest BCUT2D eigenvalue weighted by Gasteiger charge is 2.54. The highest BCUT2D eigenvalue weighted by atomic mass is 16.5. The summed E-state index contributed by atoms with van der Waals surface area (Å²) in [6.07, 6.45) is 15.1. The Balaban J connectivity index is 1.03. The predicted molar refractivity (Wildman–Crippen MR) is 180 cm³/mol. The third kappa shape index (κ3) is 5.56. The van der Waals surface area contributed by atoms with Gasteiger partial charge in [0.15, 0.2) is 18.2 Å². The number of allylic oxidation sites excluding steroid dienone is 2. The fourth-order valence-corrected chi connectivity index (χ4v) is 8.48. The number of carbonyl (C=O) groups excluding carboxylic acids is 1. The first-order chi connectivity index (χ1) is 22.4. The fraction of sp³-hybridized carbons (Fsp3) is 0.474. The molecule has 1 fully saturated rings. The standard InChI is InChI=1S/C38H46N4O4/c1-2-3-4-8-27(43)18-28(44)13-11-24-12-14-34(45)35(16-24)46-23-42-21-30-32(20-40-33(30)22-42)38-15-6-7-26(38)17-25-19-41-37(39)29-9-5-10-31(38)36(25)29/h5,9-10,12,14,16,19-21,26-27,37,41,43,45H,2-4,6-8,11,13,15,17-18,22-23,39H2,1H3/t26-,27-,37+,38+/m1/s1. The van der Waals surface area contributed by atoms with Gasteiger partial charge in [-0.1, -0.05) is 56.9 Å². The molecule has 2 aromatic carbocycles. The average molecular weight is 623 g/mol. The average Bonchev–Trinajstić information content (AvgIpc) is 3.77. The summed E-state index contributed by atoms with van der Waals surface area (Å²) >= 11 is 0. The highest BCUT2D eigenvalue weighted by molar-refractivity contribution is 6.10. The van der Waals surface area contributed by atoms with E-state index in [4.69, 9.17) is 15.5 Å². The summed E-state index contributed by atoms with van der Waals surface area (Å²) < 4.78 is 6.14. The number of phenols is 1. The monoisotopic (exact) mass is 622 g/mol. The number of aliphatic hydroxyl groups is 1. The lowest BCUT2D eigenvalue weighted by molar-refractivity contribution is -0.121. The number of ketones is 1. The molecule has 5 N–H and O–H groups in total. The van der Waals surface area contributed by atoms with E-state index in [-0.39, 0.29) is 36.3 Å². The van der Waals surface area contributed by atoms with Crippen molar-refractivity contribution in [2.75, 3.05) is 13.3 Å². The molecule has 0 aromatic heterocycles. The van der Waals surface area contributed by atoms with E-state index in [1.165, 1.54) is 46.3 Å². The number of ether oxygens (including phenoxy) is 1. The van der Waals surface area contributed by atoms with Gasteiger partial charge in [-0.3, -0.25) is 9.79 Å². The Labute approximate surface area is 271 Å². The largest absolute Gasteiger partial charge is 0.504 e. The number of nitrogens with two attached hydrogens (primary N) is 1. The topological polar surface area (TPSA) is 120 Å². The lowest BCUT2D eigenvalue weighted by atomic mass is 9.58. The van der Waals surface area contributed by atoms with Crippen molar-refractivity contribution in [3.05, 3.63) is 88.4 Å². The summed E-state index contributed by atoms with van der Waals surface area (Å²) in [7, 11) is 0. The first-order valence-corrected chi connectivity index (χ1v) is 17.1. The second-order valence-corrected chi connectivity index (χ2v) is 13.7. The van der Waals surface area contributed by atoms with E-state index in [2.05, 4.69) is 53.9 Å². The van der Waals surface area contributed by atoms with Crippen LogP contribution >= 0.6 is 0 Å². The molecule has 0 saturated heterocycles. The Kier molecular flexibility index (Phi) is 8.51. The smallest absolute Gasteiger partial charge is 0.163 e. The molecule has 8 nitrogen and oxygen atoms in total. The molecule has 5 aliphatic rings. The molecule has 2 aliphatic carbocycles. The summed E-state index contributed by atoms with van der Waals surface area (Å²) in [6, 6.07) is 11.9. The number of fused-ring (bicyclic) bond motifs is 3. The molecular formula is C38H46N4O4. The molecule has 46 heavy (non-hydrogen) atoms. The van der Waals surface area contributed by atoms with Gasteiger partial charge in [0.2, 0.25) is 0 Å². The van der Waals surface area contributed by atoms with Gasteiger partial charge in [-0.05, 0) is 83.6 Å². The number of aliphatic hydroxyl groups excluding tert-OH is 1. The fourth-order valence-electron chi connectivity index (χ4n) is 8.48. The zero-order chi connectivity index (χ0) is 31.8. The number of benzene rings is 2. The number of phenolic OH excluding ortho intramolecular Hbond substituents is 1. The van der Waals surface area contributed by atoms with Gasteiger partial charge in [-0.2, -0.15) is 0 Å². The van der Waals surface area contributed by atoms with E-state index >= 15 is 0 Å². The van der Waals surface area contributed by atoms with Gasteiger partial charge < -0.3 is 30.9 Å². The lowest BCUT2D eigenvalue weighted by Gasteiger charge is -2.46. The van der Waals surface area contributed by atoms with Crippen molar-refractivity contribution < 1.29 is 19.7 Å². The predicted octanol–water partition coefficient (Wildman–Crippen LogP) is 6.14. The first kappa shape index (κ1) is 30.8. The number of Topliss-reactive ketones (excluding diaryl/α,β-unsaturated/α-hetero) is 1. The Morgan fingerprint density at radius 3 is 3.02 bits per heavy atom. The van der Waals surface area contributed by atoms with Crippen LogP contribution < -0.4 is 15.8 Å². The van der Waals surface area contributed by atoms with Crippen molar-refractivity contribution in [2.45, 2.75) is 95.2 Å². The molecular weight excluding hydrogens is 576 g/mol. The van der Waals surface area contributed by atoms with Crippen LogP contribution in [-0.4, -0.2) is 46.0 Å². The molecule has 242 valence electrons. The molecule has 3 heterocycles. The Morgan fingerprint density at radius 2 is 2.15 bits per heavy atom. The number of nitrogens with zero attached hydrogens (tertiary/aromatic N) is 2. The Morgan fingerprint density at radius 1 is 1.26 bits per heavy atom. The molecule has 0 unspecified atom stereocenters. The molecule has 3 aliphatic heterocycles. The number of hydrogen-bond acceptors (Lipinski definition) is 8. The molecule has 4 atom stereocenters. The number of carbonyl (C=O) groups is 1. The van der Waals surface area contributed by atoms with Gasteiger partial charge in [-0.15, -0.1) is 0 Å². The van der Waals surface area contributed by atoms with E-state index in [0.717, 1.165) is 43.4 Å². The number of rotatable bonds is 13. The van der Waals surface area contributed by atoms with Crippen LogP contribution in [0.1, 0.15) is 99.6 Å². The van der Waals surface area contributed by atoms with Crippen LogP contribution in [0.2, 0.25) is 0 Å². The van der Waals surface area contributed by atoms with Crippen LogP contribution in [0.5, 0.6) is 11.5 Å². The van der Waals surface area contributed by atoms with E-state index in [0.29, 0.717) is 37.5 Å². The SMILES string of the molecule is CCCCC[C@@H](O)CC(=O)CCc1ccc(O)c(OCN2C=C3C([C@@]45CCC[C@@H]4CC4=CN[C@H](N)c6cccc5c64)=CN=C3C2)c1. The van der Waals surface area contributed by atoms with E-state index in [9.17, 15) is 15.0 Å². The third-order valence-electron chi connectivity index (χ3n) is 10.8. The zero-order valence-electron chi connectivity index (χ0n) is 26.8. The number of aryl methyl sites for hydroxylation is 1. The third-order valence-corrected chi connectivity index (χ3v) is 10.8. The lowest BCUT2D eigenvalue weighted by Crippen LogP contribution is -2.41. The summed E-state index contributed by atoms with van der Waals surface area (Å²) in [6.45, 7) is 3.06. The zero-order valence-corrected chi connectivity index (χ0v) is 26.8. The van der Waals surface area contributed by atoms with Crippen molar-refractivity contribution in [2.24, 2.45) is 16.6 Å². The second kappa shape index (κ2) is 12.7. The van der Waals surface area contributed by atoms with Crippen LogP contribution in [-0.2, 0) is 16.6 Å². The van der Waals surface area contributed by atoms with Crippen LogP contribution in [0.4, 0.5) is 0 Å². The van der Waals surface area contributed by atoms with Crippen molar-refractivity contribution in [3.8, 4) is 11.5 Å². The summed E-state index contributed by atoms with van der Waals surface area (Å²) in [5.41, 5.74) is 16.2. The van der Waals surface area contributed by atoms with Gasteiger partial charge >= 0.3 is 0 Å². The second-order valence-electron chi connectivity index (χ2n) is 13.7. The number of nitrogens with one attached hydrogen (secondary N) is 1.